The van der Waals surface area contributed by atoms with Gasteiger partial charge in [0.05, 0.1) is 11.4 Å². The normalized spacial score (nSPS) is 17.2. The van der Waals surface area contributed by atoms with Crippen molar-refractivity contribution in [1.29, 1.82) is 0 Å². The maximum absolute atomic E-state index is 12.8. The third-order valence-electron chi connectivity index (χ3n) is 4.26. The van der Waals surface area contributed by atoms with Crippen molar-refractivity contribution in [2.75, 3.05) is 17.2 Å². The number of nitrogens with two attached hydrogens (primary N) is 1. The van der Waals surface area contributed by atoms with Gasteiger partial charge in [-0.1, -0.05) is 44.2 Å². The van der Waals surface area contributed by atoms with E-state index in [0.717, 1.165) is 18.5 Å². The Kier molecular flexibility index (Phi) is 5.45. The van der Waals surface area contributed by atoms with Gasteiger partial charge in [-0.25, -0.2) is 0 Å². The van der Waals surface area contributed by atoms with E-state index in [-0.39, 0.29) is 11.8 Å². The van der Waals surface area contributed by atoms with Crippen LogP contribution < -0.4 is 10.6 Å². The predicted octanol–water partition coefficient (Wildman–Crippen LogP) is 3.98. The molecule has 1 amide bonds. The number of nitrogens with zero attached hydrogens (tertiary/aromatic N) is 1. The van der Waals surface area contributed by atoms with Crippen LogP contribution in [0.1, 0.15) is 51.9 Å². The molecule has 20 heavy (non-hydrogen) atoms. The van der Waals surface area contributed by atoms with Crippen LogP contribution in [0.25, 0.3) is 0 Å². The molecule has 0 saturated heterocycles. The Morgan fingerprint density at radius 2 is 1.75 bits per heavy atom. The van der Waals surface area contributed by atoms with E-state index in [2.05, 4.69) is 0 Å². The van der Waals surface area contributed by atoms with Gasteiger partial charge in [0.15, 0.2) is 0 Å². The minimum absolute atomic E-state index is 0.176. The van der Waals surface area contributed by atoms with Crippen LogP contribution in [0.5, 0.6) is 0 Å². The average molecular weight is 274 g/mol. The summed E-state index contributed by atoms with van der Waals surface area (Å²) in [6.45, 7) is 2.71. The molecule has 0 aromatic heterocycles. The van der Waals surface area contributed by atoms with Gasteiger partial charge < -0.3 is 10.6 Å². The van der Waals surface area contributed by atoms with Gasteiger partial charge in [-0.2, -0.15) is 0 Å². The topological polar surface area (TPSA) is 46.3 Å². The molecule has 0 radical (unpaired) electrons. The molecule has 1 aromatic carbocycles. The van der Waals surface area contributed by atoms with Gasteiger partial charge in [0.2, 0.25) is 5.91 Å². The minimum Gasteiger partial charge on any atom is -0.397 e. The van der Waals surface area contributed by atoms with Crippen LogP contribution in [0.15, 0.2) is 24.3 Å². The molecule has 1 fully saturated rings. The molecule has 0 aliphatic heterocycles. The maximum atomic E-state index is 12.8. The fourth-order valence-corrected chi connectivity index (χ4v) is 3.10. The number of nitrogen functional groups attached to an aromatic ring is 1. The van der Waals surface area contributed by atoms with Crippen LogP contribution in [-0.4, -0.2) is 12.5 Å². The van der Waals surface area contributed by atoms with Crippen molar-refractivity contribution in [3.8, 4) is 0 Å². The number of carbonyl (C=O) groups is 1. The van der Waals surface area contributed by atoms with Crippen molar-refractivity contribution in [3.05, 3.63) is 24.3 Å². The molecule has 110 valence electrons. The van der Waals surface area contributed by atoms with Crippen LogP contribution in [0, 0.1) is 5.92 Å². The predicted molar refractivity (Wildman–Crippen MR) is 84.7 cm³/mol. The zero-order valence-electron chi connectivity index (χ0n) is 12.5. The molecule has 0 spiro atoms. The molecule has 3 heteroatoms. The van der Waals surface area contributed by atoms with E-state index in [0.29, 0.717) is 12.2 Å². The Bertz CT molecular complexity index is 436. The smallest absolute Gasteiger partial charge is 0.230 e. The van der Waals surface area contributed by atoms with Crippen LogP contribution in [0.2, 0.25) is 0 Å². The standard InChI is InChI=1S/C17H26N2O/c1-2-19(16-13-9-8-12-15(16)18)17(20)14-10-6-4-3-5-7-11-14/h8-9,12-14H,2-7,10-11,18H2,1H3. The summed E-state index contributed by atoms with van der Waals surface area (Å²) in [5, 5.41) is 0. The van der Waals surface area contributed by atoms with Gasteiger partial charge in [0, 0.05) is 12.5 Å². The number of amides is 1. The van der Waals surface area contributed by atoms with Gasteiger partial charge in [0.25, 0.3) is 0 Å². The highest BCUT2D eigenvalue weighted by atomic mass is 16.2. The molecule has 0 heterocycles. The highest BCUT2D eigenvalue weighted by molar-refractivity contribution is 5.97. The van der Waals surface area contributed by atoms with Crippen LogP contribution in [-0.2, 0) is 4.79 Å². The first-order valence-electron chi connectivity index (χ1n) is 7.90. The second kappa shape index (κ2) is 7.32. The molecule has 2 N–H and O–H groups in total. The van der Waals surface area contributed by atoms with Crippen molar-refractivity contribution >= 4 is 17.3 Å². The van der Waals surface area contributed by atoms with E-state index < -0.39 is 0 Å². The highest BCUT2D eigenvalue weighted by Crippen LogP contribution is 2.28. The first-order chi connectivity index (χ1) is 9.74. The molecule has 1 aromatic rings. The SMILES string of the molecule is CCN(C(=O)C1CCCCCCC1)c1ccccc1N. The van der Waals surface area contributed by atoms with Crippen LogP contribution in [0.4, 0.5) is 11.4 Å². The Balaban J connectivity index is 2.13. The first kappa shape index (κ1) is 14.9. The highest BCUT2D eigenvalue weighted by Gasteiger charge is 2.25. The molecular weight excluding hydrogens is 248 g/mol. The summed E-state index contributed by atoms with van der Waals surface area (Å²) in [5.41, 5.74) is 7.58. The van der Waals surface area contributed by atoms with Gasteiger partial charge in [-0.05, 0) is 31.9 Å². The molecule has 0 atom stereocenters. The Morgan fingerprint density at radius 3 is 2.35 bits per heavy atom. The number of para-hydroxylation sites is 2. The van der Waals surface area contributed by atoms with Gasteiger partial charge in [-0.15, -0.1) is 0 Å². The average Bonchev–Trinajstić information content (AvgIpc) is 2.41. The van der Waals surface area contributed by atoms with Crippen molar-refractivity contribution in [2.24, 2.45) is 5.92 Å². The lowest BCUT2D eigenvalue weighted by Crippen LogP contribution is -2.36. The monoisotopic (exact) mass is 274 g/mol. The fourth-order valence-electron chi connectivity index (χ4n) is 3.10. The number of carbonyl (C=O) groups excluding carboxylic acids is 1. The van der Waals surface area contributed by atoms with E-state index in [1.807, 2.05) is 36.1 Å². The summed E-state index contributed by atoms with van der Waals surface area (Å²) < 4.78 is 0. The summed E-state index contributed by atoms with van der Waals surface area (Å²) in [5.74, 6) is 0.433. The minimum atomic E-state index is 0.176. The lowest BCUT2D eigenvalue weighted by Gasteiger charge is -2.28. The lowest BCUT2D eigenvalue weighted by atomic mass is 9.90. The second-order valence-corrected chi connectivity index (χ2v) is 5.68. The molecule has 1 saturated carbocycles. The van der Waals surface area contributed by atoms with Gasteiger partial charge in [0.1, 0.15) is 0 Å². The summed E-state index contributed by atoms with van der Waals surface area (Å²) in [4.78, 5) is 14.7. The van der Waals surface area contributed by atoms with Gasteiger partial charge in [-0.3, -0.25) is 4.79 Å². The third-order valence-corrected chi connectivity index (χ3v) is 4.26. The number of rotatable bonds is 3. The second-order valence-electron chi connectivity index (χ2n) is 5.68. The molecule has 3 nitrogen and oxygen atoms in total. The third kappa shape index (κ3) is 3.53. The van der Waals surface area contributed by atoms with E-state index in [9.17, 15) is 4.79 Å². The van der Waals surface area contributed by atoms with E-state index in [1.165, 1.54) is 32.1 Å². The van der Waals surface area contributed by atoms with Crippen molar-refractivity contribution in [3.63, 3.8) is 0 Å². The van der Waals surface area contributed by atoms with Crippen molar-refractivity contribution in [2.45, 2.75) is 51.9 Å². The Morgan fingerprint density at radius 1 is 1.15 bits per heavy atom. The van der Waals surface area contributed by atoms with Crippen LogP contribution >= 0.6 is 0 Å². The molecule has 1 aliphatic carbocycles. The molecule has 2 rings (SSSR count). The molecule has 1 aliphatic rings. The quantitative estimate of drug-likeness (QED) is 0.847. The number of hydrogen-bond acceptors (Lipinski definition) is 2. The van der Waals surface area contributed by atoms with E-state index >= 15 is 0 Å². The number of hydrogen-bond donors (Lipinski definition) is 1. The van der Waals surface area contributed by atoms with Crippen molar-refractivity contribution in [1.82, 2.24) is 0 Å². The molecule has 0 bridgehead atoms. The van der Waals surface area contributed by atoms with E-state index in [4.69, 9.17) is 5.73 Å². The lowest BCUT2D eigenvalue weighted by molar-refractivity contribution is -0.122. The summed E-state index contributed by atoms with van der Waals surface area (Å²) in [6, 6.07) is 7.66. The zero-order valence-corrected chi connectivity index (χ0v) is 12.5. The number of anilines is 2. The summed E-state index contributed by atoms with van der Waals surface area (Å²) >= 11 is 0. The van der Waals surface area contributed by atoms with Crippen LogP contribution in [0.3, 0.4) is 0 Å². The maximum Gasteiger partial charge on any atom is 0.230 e. The van der Waals surface area contributed by atoms with Gasteiger partial charge >= 0.3 is 0 Å². The largest absolute Gasteiger partial charge is 0.397 e. The summed E-state index contributed by atoms with van der Waals surface area (Å²) in [7, 11) is 0. The number of benzene rings is 1. The van der Waals surface area contributed by atoms with E-state index in [1.54, 1.807) is 0 Å². The molecular formula is C17H26N2O. The van der Waals surface area contributed by atoms with Crippen molar-refractivity contribution < 1.29 is 4.79 Å². The fraction of sp³-hybridized carbons (Fsp3) is 0.588. The Hall–Kier alpha value is -1.51. The Labute approximate surface area is 122 Å². The first-order valence-corrected chi connectivity index (χ1v) is 7.90. The molecule has 0 unspecified atom stereocenters. The summed E-state index contributed by atoms with van der Waals surface area (Å²) in [6.07, 6.45) is 8.28. The zero-order chi connectivity index (χ0) is 14.4.